The van der Waals surface area contributed by atoms with Crippen molar-refractivity contribution in [2.45, 2.75) is 6.92 Å². The molecule has 0 atom stereocenters. The van der Waals surface area contributed by atoms with Crippen molar-refractivity contribution in [1.29, 1.82) is 0 Å². The van der Waals surface area contributed by atoms with Gasteiger partial charge in [-0.3, -0.25) is 4.79 Å². The molecule has 0 saturated heterocycles. The van der Waals surface area contributed by atoms with E-state index in [1.807, 2.05) is 0 Å². The third kappa shape index (κ3) is 2.72. The van der Waals surface area contributed by atoms with Crippen LogP contribution in [0.2, 0.25) is 0 Å². The molecule has 17 heavy (non-hydrogen) atoms. The molecule has 0 saturated carbocycles. The van der Waals surface area contributed by atoms with Gasteiger partial charge in [0, 0.05) is 6.07 Å². The zero-order valence-electron chi connectivity index (χ0n) is 9.32. The average molecular weight is 242 g/mol. The van der Waals surface area contributed by atoms with Crippen molar-refractivity contribution in [3.8, 4) is 11.5 Å². The van der Waals surface area contributed by atoms with Crippen LogP contribution in [0.15, 0.2) is 12.1 Å². The molecule has 0 radical (unpaired) electrons. The number of methoxy groups -OCH3 is 1. The summed E-state index contributed by atoms with van der Waals surface area (Å²) in [4.78, 5) is 22.6. The molecule has 0 aliphatic heterocycles. The lowest BCUT2D eigenvalue weighted by molar-refractivity contribution is -0.137. The second-order valence-electron chi connectivity index (χ2n) is 3.05. The van der Waals surface area contributed by atoms with Gasteiger partial charge in [-0.2, -0.15) is 0 Å². The molecule has 1 N–H and O–H groups in total. The number of carbonyl (C=O) groups excluding carboxylic acids is 2. The van der Waals surface area contributed by atoms with Crippen LogP contribution in [-0.4, -0.2) is 30.6 Å². The number of hydrogen-bond donors (Lipinski definition) is 1. The van der Waals surface area contributed by atoms with E-state index in [0.29, 0.717) is 0 Å². The van der Waals surface area contributed by atoms with Gasteiger partial charge in [0.2, 0.25) is 0 Å². The molecular weight excluding hydrogens is 231 g/mol. The van der Waals surface area contributed by atoms with E-state index in [2.05, 4.69) is 9.47 Å². The molecule has 0 spiro atoms. The fourth-order valence-corrected chi connectivity index (χ4v) is 1.19. The Hall–Kier alpha value is -2.11. The number of ether oxygens (including phenoxy) is 2. The average Bonchev–Trinajstić information content (AvgIpc) is 2.31. The number of ketones is 1. The Morgan fingerprint density at radius 2 is 2.06 bits per heavy atom. The number of halogens is 1. The first kappa shape index (κ1) is 13.0. The number of aromatic hydroxyl groups is 1. The number of hydrogen-bond acceptors (Lipinski definition) is 5. The van der Waals surface area contributed by atoms with Crippen molar-refractivity contribution in [2.24, 2.45) is 0 Å². The van der Waals surface area contributed by atoms with Gasteiger partial charge in [-0.25, -0.2) is 9.18 Å². The number of phenolic OH excluding ortho intramolecular Hbond substituents is 1. The predicted molar refractivity (Wildman–Crippen MR) is 55.6 cm³/mol. The molecular formula is C11H11FO5. The lowest BCUT2D eigenvalue weighted by atomic mass is 10.1. The fourth-order valence-electron chi connectivity index (χ4n) is 1.19. The topological polar surface area (TPSA) is 72.8 Å². The van der Waals surface area contributed by atoms with Crippen LogP contribution in [0.1, 0.15) is 17.3 Å². The van der Waals surface area contributed by atoms with Crippen LogP contribution >= 0.6 is 0 Å². The van der Waals surface area contributed by atoms with E-state index in [1.165, 1.54) is 14.0 Å². The Morgan fingerprint density at radius 3 is 2.59 bits per heavy atom. The summed E-state index contributed by atoms with van der Waals surface area (Å²) in [6, 6.07) is 1.65. The molecule has 92 valence electrons. The van der Waals surface area contributed by atoms with Crippen molar-refractivity contribution >= 4 is 11.8 Å². The zero-order valence-corrected chi connectivity index (χ0v) is 9.32. The van der Waals surface area contributed by atoms with Gasteiger partial charge in [0.15, 0.2) is 11.5 Å². The highest BCUT2D eigenvalue weighted by Crippen LogP contribution is 2.28. The third-order valence-corrected chi connectivity index (χ3v) is 1.97. The van der Waals surface area contributed by atoms with E-state index in [9.17, 15) is 19.1 Å². The van der Waals surface area contributed by atoms with Crippen LogP contribution < -0.4 is 4.74 Å². The number of carbonyl (C=O) groups is 2. The summed E-state index contributed by atoms with van der Waals surface area (Å²) in [6.07, 6.45) is 0. The van der Waals surface area contributed by atoms with Gasteiger partial charge < -0.3 is 14.6 Å². The van der Waals surface area contributed by atoms with Crippen LogP contribution in [0.3, 0.4) is 0 Å². The Kier molecular flexibility index (Phi) is 4.03. The summed E-state index contributed by atoms with van der Waals surface area (Å²) in [6.45, 7) is 1.53. The molecule has 0 heterocycles. The van der Waals surface area contributed by atoms with E-state index in [1.54, 1.807) is 0 Å². The molecule has 6 heteroatoms. The zero-order chi connectivity index (χ0) is 13.0. The highest BCUT2D eigenvalue weighted by Gasteiger charge is 2.23. The van der Waals surface area contributed by atoms with Gasteiger partial charge in [-0.05, 0) is 13.0 Å². The second-order valence-corrected chi connectivity index (χ2v) is 3.05. The second kappa shape index (κ2) is 5.29. The van der Waals surface area contributed by atoms with E-state index < -0.39 is 28.9 Å². The first-order valence-electron chi connectivity index (χ1n) is 4.79. The van der Waals surface area contributed by atoms with E-state index >= 15 is 0 Å². The van der Waals surface area contributed by atoms with Crippen LogP contribution in [0.25, 0.3) is 0 Å². The molecule has 0 fully saturated rings. The summed E-state index contributed by atoms with van der Waals surface area (Å²) < 4.78 is 22.5. The van der Waals surface area contributed by atoms with Gasteiger partial charge in [0.05, 0.1) is 19.3 Å². The van der Waals surface area contributed by atoms with Crippen molar-refractivity contribution in [3.05, 3.63) is 23.5 Å². The molecule has 1 aromatic rings. The molecule has 1 rings (SSSR count). The first-order chi connectivity index (χ1) is 8.01. The van der Waals surface area contributed by atoms with Crippen molar-refractivity contribution in [2.75, 3.05) is 13.7 Å². The SMILES string of the molecule is CCOC(=O)C(=O)c1cc(O)c(OC)cc1F. The summed E-state index contributed by atoms with van der Waals surface area (Å²) in [7, 11) is 1.24. The highest BCUT2D eigenvalue weighted by molar-refractivity contribution is 6.40. The molecule has 0 unspecified atom stereocenters. The standard InChI is InChI=1S/C11H11FO5/c1-3-17-11(15)10(14)6-4-8(13)9(16-2)5-7(6)12/h4-5,13H,3H2,1-2H3. The van der Waals surface area contributed by atoms with Gasteiger partial charge in [0.25, 0.3) is 5.78 Å². The Bertz CT molecular complexity index is 455. The minimum Gasteiger partial charge on any atom is -0.504 e. The quantitative estimate of drug-likeness (QED) is 0.489. The Labute approximate surface area is 96.8 Å². The number of rotatable bonds is 4. The number of benzene rings is 1. The van der Waals surface area contributed by atoms with Gasteiger partial charge in [-0.15, -0.1) is 0 Å². The highest BCUT2D eigenvalue weighted by atomic mass is 19.1. The smallest absolute Gasteiger partial charge is 0.379 e. The largest absolute Gasteiger partial charge is 0.504 e. The van der Waals surface area contributed by atoms with Gasteiger partial charge in [-0.1, -0.05) is 0 Å². The summed E-state index contributed by atoms with van der Waals surface area (Å²) in [5, 5.41) is 9.38. The van der Waals surface area contributed by atoms with Crippen LogP contribution in [0, 0.1) is 5.82 Å². The number of esters is 1. The first-order valence-corrected chi connectivity index (χ1v) is 4.79. The molecule has 1 aromatic carbocycles. The maximum absolute atomic E-state index is 13.4. The molecule has 0 aliphatic rings. The molecule has 0 aromatic heterocycles. The number of phenols is 1. The van der Waals surface area contributed by atoms with E-state index in [0.717, 1.165) is 12.1 Å². The van der Waals surface area contributed by atoms with Gasteiger partial charge >= 0.3 is 5.97 Å². The van der Waals surface area contributed by atoms with Crippen LogP contribution in [-0.2, 0) is 9.53 Å². The summed E-state index contributed by atoms with van der Waals surface area (Å²) in [5.41, 5.74) is -0.554. The lowest BCUT2D eigenvalue weighted by Gasteiger charge is -2.06. The van der Waals surface area contributed by atoms with E-state index in [4.69, 9.17) is 0 Å². The van der Waals surface area contributed by atoms with Crippen LogP contribution in [0.4, 0.5) is 4.39 Å². The molecule has 0 amide bonds. The molecule has 0 aliphatic carbocycles. The normalized spacial score (nSPS) is 9.82. The van der Waals surface area contributed by atoms with Gasteiger partial charge in [0.1, 0.15) is 5.82 Å². The Morgan fingerprint density at radius 1 is 1.41 bits per heavy atom. The van der Waals surface area contributed by atoms with Crippen molar-refractivity contribution in [3.63, 3.8) is 0 Å². The maximum Gasteiger partial charge on any atom is 0.379 e. The fraction of sp³-hybridized carbons (Fsp3) is 0.273. The predicted octanol–water partition coefficient (Wildman–Crippen LogP) is 1.29. The molecule has 5 nitrogen and oxygen atoms in total. The van der Waals surface area contributed by atoms with Crippen molar-refractivity contribution < 1.29 is 28.6 Å². The minimum atomic E-state index is -1.17. The van der Waals surface area contributed by atoms with Crippen LogP contribution in [0.5, 0.6) is 11.5 Å². The maximum atomic E-state index is 13.4. The van der Waals surface area contributed by atoms with Crippen molar-refractivity contribution in [1.82, 2.24) is 0 Å². The molecule has 0 bridgehead atoms. The Balaban J connectivity index is 3.11. The monoisotopic (exact) mass is 242 g/mol. The number of Topliss-reactive ketones (excluding diaryl/α,β-unsaturated/α-hetero) is 1. The van der Waals surface area contributed by atoms with E-state index in [-0.39, 0.29) is 12.4 Å². The lowest BCUT2D eigenvalue weighted by Crippen LogP contribution is -2.18. The summed E-state index contributed by atoms with van der Waals surface area (Å²) >= 11 is 0. The summed E-state index contributed by atoms with van der Waals surface area (Å²) in [5.74, 6) is -3.83. The minimum absolute atomic E-state index is 0.00826. The third-order valence-electron chi connectivity index (χ3n) is 1.97.